The molecule has 0 aliphatic heterocycles. The molecule has 0 saturated carbocycles. The molecule has 1 atom stereocenters. The molecule has 1 aromatic rings. The number of rotatable bonds is 3. The normalized spacial score (nSPS) is 11.6. The van der Waals surface area contributed by atoms with Crippen LogP contribution in [0.25, 0.3) is 0 Å². The summed E-state index contributed by atoms with van der Waals surface area (Å²) in [7, 11) is 0. The van der Waals surface area contributed by atoms with Gasteiger partial charge in [0.25, 0.3) is 0 Å². The van der Waals surface area contributed by atoms with Gasteiger partial charge < -0.3 is 0 Å². The van der Waals surface area contributed by atoms with Crippen molar-refractivity contribution in [1.29, 1.82) is 0 Å². The van der Waals surface area contributed by atoms with Crippen LogP contribution in [0.15, 0.2) is 18.3 Å². The number of nitrogens with two attached hydrogens (primary N) is 1. The summed E-state index contributed by atoms with van der Waals surface area (Å²) in [6.45, 7) is 1.79. The molecule has 1 heterocycles. The average molecular weight is 210 g/mol. The van der Waals surface area contributed by atoms with Crippen molar-refractivity contribution in [3.05, 3.63) is 29.0 Å². The lowest BCUT2D eigenvalue weighted by atomic mass is 10.1. The summed E-state index contributed by atoms with van der Waals surface area (Å²) in [5.41, 5.74) is 3.51. The maximum atomic E-state index is 5.72. The highest BCUT2D eigenvalue weighted by Gasteiger charge is 2.08. The van der Waals surface area contributed by atoms with Gasteiger partial charge in [0.2, 0.25) is 0 Å². The molecule has 0 radical (unpaired) electrons. The van der Waals surface area contributed by atoms with E-state index in [4.69, 9.17) is 17.4 Å². The maximum absolute atomic E-state index is 5.72. The number of aromatic nitrogens is 1. The first kappa shape index (κ1) is 11.0. The minimum Gasteiger partial charge on any atom is -0.271 e. The number of halogens is 1. The molecule has 0 saturated heterocycles. The summed E-state index contributed by atoms with van der Waals surface area (Å²) >= 11 is 5.72. The largest absolute Gasteiger partial charge is 0.271 e. The lowest BCUT2D eigenvalue weighted by Crippen LogP contribution is -2.28. The Morgan fingerprint density at radius 1 is 1.64 bits per heavy atom. The molecular formula is C10H12ClN3. The van der Waals surface area contributed by atoms with Crippen molar-refractivity contribution in [3.63, 3.8) is 0 Å². The van der Waals surface area contributed by atoms with Crippen LogP contribution in [0, 0.1) is 11.8 Å². The molecule has 0 aliphatic carbocycles. The summed E-state index contributed by atoms with van der Waals surface area (Å²) in [5, 5.41) is 0.617. The van der Waals surface area contributed by atoms with Crippen LogP contribution >= 0.6 is 11.6 Å². The Balaban J connectivity index is 2.76. The Morgan fingerprint density at radius 3 is 2.93 bits per heavy atom. The van der Waals surface area contributed by atoms with Gasteiger partial charge in [-0.25, -0.2) is 0 Å². The second-order valence-electron chi connectivity index (χ2n) is 2.75. The molecule has 14 heavy (non-hydrogen) atoms. The molecule has 1 rings (SSSR count). The minimum atomic E-state index is -0.0419. The minimum absolute atomic E-state index is 0.0419. The summed E-state index contributed by atoms with van der Waals surface area (Å²) in [6.07, 6.45) is 2.24. The van der Waals surface area contributed by atoms with E-state index in [9.17, 15) is 0 Å². The van der Waals surface area contributed by atoms with E-state index >= 15 is 0 Å². The van der Waals surface area contributed by atoms with Gasteiger partial charge in [-0.2, -0.15) is 0 Å². The van der Waals surface area contributed by atoms with Crippen molar-refractivity contribution in [2.45, 2.75) is 19.4 Å². The smallest absolute Gasteiger partial charge is 0.0741 e. The average Bonchev–Trinajstić information content (AvgIpc) is 2.21. The van der Waals surface area contributed by atoms with Gasteiger partial charge >= 0.3 is 0 Å². The molecule has 0 aromatic carbocycles. The van der Waals surface area contributed by atoms with Gasteiger partial charge in [-0.05, 0) is 19.1 Å². The van der Waals surface area contributed by atoms with Crippen molar-refractivity contribution >= 4 is 11.6 Å². The third kappa shape index (κ3) is 3.00. The Labute approximate surface area is 88.6 Å². The maximum Gasteiger partial charge on any atom is 0.0741 e. The quantitative estimate of drug-likeness (QED) is 0.452. The van der Waals surface area contributed by atoms with E-state index in [-0.39, 0.29) is 6.04 Å². The van der Waals surface area contributed by atoms with Crippen LogP contribution in [0.2, 0.25) is 5.02 Å². The highest BCUT2D eigenvalue weighted by Crippen LogP contribution is 2.14. The predicted octanol–water partition coefficient (Wildman–Crippen LogP) is 1.65. The fourth-order valence-corrected chi connectivity index (χ4v) is 1.16. The Hall–Kier alpha value is -1.08. The van der Waals surface area contributed by atoms with E-state index in [1.54, 1.807) is 19.2 Å². The summed E-state index contributed by atoms with van der Waals surface area (Å²) < 4.78 is 0. The number of nitrogens with zero attached hydrogens (tertiary/aromatic N) is 1. The lowest BCUT2D eigenvalue weighted by Gasteiger charge is -2.11. The Bertz CT molecular complexity index is 337. The molecule has 0 spiro atoms. The highest BCUT2D eigenvalue weighted by atomic mass is 35.5. The molecule has 3 N–H and O–H groups in total. The van der Waals surface area contributed by atoms with Gasteiger partial charge in [-0.3, -0.25) is 16.3 Å². The molecule has 4 heteroatoms. The van der Waals surface area contributed by atoms with Crippen molar-refractivity contribution < 1.29 is 0 Å². The topological polar surface area (TPSA) is 50.9 Å². The van der Waals surface area contributed by atoms with Gasteiger partial charge in [-0.15, -0.1) is 11.8 Å². The summed E-state index contributed by atoms with van der Waals surface area (Å²) in [6, 6.07) is 3.58. The van der Waals surface area contributed by atoms with E-state index < -0.39 is 0 Å². The fraction of sp³-hybridized carbons (Fsp3) is 0.300. The van der Waals surface area contributed by atoms with Gasteiger partial charge in [0.1, 0.15) is 0 Å². The van der Waals surface area contributed by atoms with Gasteiger partial charge in [-0.1, -0.05) is 11.6 Å². The van der Waals surface area contributed by atoms with Crippen molar-refractivity contribution in [3.8, 4) is 11.8 Å². The fourth-order valence-electron chi connectivity index (χ4n) is 1.05. The molecule has 1 aromatic heterocycles. The van der Waals surface area contributed by atoms with Gasteiger partial charge in [0.05, 0.1) is 16.8 Å². The summed E-state index contributed by atoms with van der Waals surface area (Å²) in [4.78, 5) is 4.16. The van der Waals surface area contributed by atoms with Gasteiger partial charge in [0, 0.05) is 12.6 Å². The van der Waals surface area contributed by atoms with Crippen LogP contribution in [0.1, 0.15) is 25.1 Å². The number of hydrazine groups is 1. The number of hydrogen-bond acceptors (Lipinski definition) is 3. The van der Waals surface area contributed by atoms with E-state index in [1.807, 2.05) is 6.07 Å². The predicted molar refractivity (Wildman–Crippen MR) is 57.4 cm³/mol. The van der Waals surface area contributed by atoms with Crippen molar-refractivity contribution in [1.82, 2.24) is 10.4 Å². The lowest BCUT2D eigenvalue weighted by molar-refractivity contribution is 0.554. The van der Waals surface area contributed by atoms with E-state index in [2.05, 4.69) is 22.3 Å². The van der Waals surface area contributed by atoms with Crippen LogP contribution in [0.5, 0.6) is 0 Å². The van der Waals surface area contributed by atoms with Gasteiger partial charge in [0.15, 0.2) is 0 Å². The first-order valence-electron chi connectivity index (χ1n) is 4.25. The zero-order chi connectivity index (χ0) is 10.4. The summed E-state index contributed by atoms with van der Waals surface area (Å²) in [5.74, 6) is 11.2. The highest BCUT2D eigenvalue weighted by molar-refractivity contribution is 6.30. The van der Waals surface area contributed by atoms with Crippen LogP contribution in [0.4, 0.5) is 0 Å². The number of pyridine rings is 1. The molecular weight excluding hydrogens is 198 g/mol. The Kier molecular flexibility index (Phi) is 4.41. The molecule has 0 fully saturated rings. The molecule has 3 nitrogen and oxygen atoms in total. The van der Waals surface area contributed by atoms with Crippen molar-refractivity contribution in [2.75, 3.05) is 0 Å². The molecule has 1 unspecified atom stereocenters. The van der Waals surface area contributed by atoms with Crippen LogP contribution in [0.3, 0.4) is 0 Å². The van der Waals surface area contributed by atoms with Crippen molar-refractivity contribution in [2.24, 2.45) is 5.84 Å². The Morgan fingerprint density at radius 2 is 2.43 bits per heavy atom. The van der Waals surface area contributed by atoms with Crippen LogP contribution < -0.4 is 11.3 Å². The zero-order valence-electron chi connectivity index (χ0n) is 7.92. The molecule has 0 aliphatic rings. The van der Waals surface area contributed by atoms with E-state index in [0.717, 1.165) is 5.69 Å². The third-order valence-corrected chi connectivity index (χ3v) is 2.02. The van der Waals surface area contributed by atoms with Crippen LogP contribution in [-0.4, -0.2) is 4.98 Å². The first-order chi connectivity index (χ1) is 6.77. The zero-order valence-corrected chi connectivity index (χ0v) is 8.67. The van der Waals surface area contributed by atoms with E-state index in [0.29, 0.717) is 11.4 Å². The molecule has 0 bridgehead atoms. The first-order valence-corrected chi connectivity index (χ1v) is 4.63. The number of nitrogens with one attached hydrogen (secondary N) is 1. The second-order valence-corrected chi connectivity index (χ2v) is 3.19. The second kappa shape index (κ2) is 5.61. The van der Waals surface area contributed by atoms with E-state index in [1.165, 1.54) is 0 Å². The molecule has 74 valence electrons. The number of hydrogen-bond donors (Lipinski definition) is 2. The molecule has 0 amide bonds. The monoisotopic (exact) mass is 209 g/mol. The van der Waals surface area contributed by atoms with Crippen LogP contribution in [-0.2, 0) is 0 Å². The third-order valence-electron chi connectivity index (χ3n) is 1.79. The SMILES string of the molecule is CC#CCC(NN)c1ccc(Cl)cn1. The standard InChI is InChI=1S/C10H12ClN3/c1-2-3-4-10(14-12)9-6-5-8(11)7-13-9/h5-7,10,14H,4,12H2,1H3.